The monoisotopic (exact) mass is 917 g/mol. The van der Waals surface area contributed by atoms with E-state index in [1.54, 1.807) is 0 Å². The van der Waals surface area contributed by atoms with Gasteiger partial charge < -0.3 is 14.6 Å². The number of carbonyl (C=O) groups excluding carboxylic acids is 2. The van der Waals surface area contributed by atoms with E-state index >= 15 is 0 Å². The van der Waals surface area contributed by atoms with Crippen molar-refractivity contribution in [3.63, 3.8) is 0 Å². The number of unbranched alkanes of at least 4 members (excludes halogenated alkanes) is 46. The Morgan fingerprint density at radius 3 is 0.831 bits per heavy atom. The van der Waals surface area contributed by atoms with E-state index in [0.717, 1.165) is 32.1 Å². The molecule has 0 aromatic rings. The van der Waals surface area contributed by atoms with Crippen LogP contribution in [0.4, 0.5) is 0 Å². The lowest BCUT2D eigenvalue weighted by atomic mass is 10.0. The zero-order chi connectivity index (χ0) is 47.0. The Kier molecular flexibility index (Phi) is 55.8. The highest BCUT2D eigenvalue weighted by Crippen LogP contribution is 2.18. The van der Waals surface area contributed by atoms with Gasteiger partial charge in [0.2, 0.25) is 0 Å². The fourth-order valence-corrected chi connectivity index (χ4v) is 9.32. The van der Waals surface area contributed by atoms with Crippen LogP contribution in [0.25, 0.3) is 0 Å². The van der Waals surface area contributed by atoms with Gasteiger partial charge in [-0.05, 0) is 38.5 Å². The Bertz CT molecular complexity index is 948. The summed E-state index contributed by atoms with van der Waals surface area (Å²) in [6.45, 7) is 4.20. The quantitative estimate of drug-likeness (QED) is 0.0374. The van der Waals surface area contributed by atoms with Crippen molar-refractivity contribution in [2.75, 3.05) is 13.2 Å². The smallest absolute Gasteiger partial charge is 0.306 e. The van der Waals surface area contributed by atoms with Crippen molar-refractivity contribution in [2.45, 2.75) is 347 Å². The molecule has 0 bridgehead atoms. The average molecular weight is 918 g/mol. The third kappa shape index (κ3) is 55.1. The number of ether oxygens (including phenoxy) is 2. The number of carbonyl (C=O) groups is 2. The summed E-state index contributed by atoms with van der Waals surface area (Å²) in [7, 11) is 0. The van der Waals surface area contributed by atoms with Gasteiger partial charge in [-0.25, -0.2) is 0 Å². The third-order valence-electron chi connectivity index (χ3n) is 13.8. The first kappa shape index (κ1) is 63.6. The molecule has 0 saturated carbocycles. The van der Waals surface area contributed by atoms with Crippen LogP contribution in [0.15, 0.2) is 12.2 Å². The van der Waals surface area contributed by atoms with Gasteiger partial charge in [-0.15, -0.1) is 0 Å². The largest absolute Gasteiger partial charge is 0.462 e. The summed E-state index contributed by atoms with van der Waals surface area (Å²) < 4.78 is 10.7. The Hall–Kier alpha value is -1.36. The minimum Gasteiger partial charge on any atom is -0.462 e. The molecular formula is C60H116O5. The van der Waals surface area contributed by atoms with Gasteiger partial charge in [-0.3, -0.25) is 9.59 Å². The van der Waals surface area contributed by atoms with Crippen molar-refractivity contribution in [1.29, 1.82) is 0 Å². The maximum Gasteiger partial charge on any atom is 0.306 e. The van der Waals surface area contributed by atoms with Crippen LogP contribution in [-0.2, 0) is 19.1 Å². The minimum absolute atomic E-state index is 0.0579. The second-order valence-corrected chi connectivity index (χ2v) is 20.4. The summed E-state index contributed by atoms with van der Waals surface area (Å²) in [6.07, 6.45) is 70.6. The van der Waals surface area contributed by atoms with Gasteiger partial charge in [0.1, 0.15) is 6.61 Å². The first-order valence-corrected chi connectivity index (χ1v) is 29.7. The van der Waals surface area contributed by atoms with Crippen molar-refractivity contribution in [3.8, 4) is 0 Å². The van der Waals surface area contributed by atoms with E-state index in [4.69, 9.17) is 9.47 Å². The lowest BCUT2D eigenvalue weighted by molar-refractivity contribution is -0.161. The molecule has 0 aromatic heterocycles. The minimum atomic E-state index is -0.767. The lowest BCUT2D eigenvalue weighted by Gasteiger charge is -2.15. The molecule has 386 valence electrons. The predicted molar refractivity (Wildman–Crippen MR) is 284 cm³/mol. The van der Waals surface area contributed by atoms with E-state index in [0.29, 0.717) is 12.8 Å². The molecule has 0 aliphatic rings. The normalized spacial score (nSPS) is 12.1. The molecule has 0 aliphatic heterocycles. The lowest BCUT2D eigenvalue weighted by Crippen LogP contribution is -2.28. The molecule has 0 aromatic carbocycles. The van der Waals surface area contributed by atoms with Crippen LogP contribution >= 0.6 is 0 Å². The molecule has 0 fully saturated rings. The van der Waals surface area contributed by atoms with E-state index in [1.807, 2.05) is 0 Å². The fraction of sp³-hybridized carbons (Fsp3) is 0.933. The van der Waals surface area contributed by atoms with Crippen LogP contribution < -0.4 is 0 Å². The molecule has 1 unspecified atom stereocenters. The maximum atomic E-state index is 12.3. The number of hydrogen-bond acceptors (Lipinski definition) is 5. The molecule has 0 rings (SSSR count). The highest BCUT2D eigenvalue weighted by molar-refractivity contribution is 5.70. The van der Waals surface area contributed by atoms with Gasteiger partial charge >= 0.3 is 11.9 Å². The second-order valence-electron chi connectivity index (χ2n) is 20.4. The summed E-state index contributed by atoms with van der Waals surface area (Å²) in [5.74, 6) is -0.567. The fourth-order valence-electron chi connectivity index (χ4n) is 9.32. The van der Waals surface area contributed by atoms with Gasteiger partial charge in [0, 0.05) is 12.8 Å². The molecule has 5 heteroatoms. The molecule has 0 spiro atoms. The van der Waals surface area contributed by atoms with Crippen LogP contribution in [0, 0.1) is 0 Å². The molecule has 1 N–H and O–H groups in total. The first-order chi connectivity index (χ1) is 32.1. The molecule has 0 amide bonds. The van der Waals surface area contributed by atoms with Gasteiger partial charge in [-0.1, -0.05) is 302 Å². The molecule has 1 atom stereocenters. The molecule has 0 saturated heterocycles. The standard InChI is InChI=1S/C60H116O5/c1-3-5-7-9-11-13-15-17-19-21-23-25-27-29-31-32-34-36-38-40-42-44-46-48-50-52-54-59(62)64-57-58(56-61)65-60(63)55-53-51-49-47-45-43-41-39-37-35-33-30-28-26-24-22-20-18-16-14-12-10-8-6-4-2/h22,24,58,61H,3-21,23,25-57H2,1-2H3/b24-22-. The molecule has 0 radical (unpaired) electrons. The summed E-state index contributed by atoms with van der Waals surface area (Å²) in [4.78, 5) is 24.5. The molecule has 65 heavy (non-hydrogen) atoms. The van der Waals surface area contributed by atoms with Crippen molar-refractivity contribution >= 4 is 11.9 Å². The number of aliphatic hydroxyl groups excluding tert-OH is 1. The highest BCUT2D eigenvalue weighted by atomic mass is 16.6. The Balaban J connectivity index is 3.40. The number of esters is 2. The summed E-state index contributed by atoms with van der Waals surface area (Å²) >= 11 is 0. The summed E-state index contributed by atoms with van der Waals surface area (Å²) in [5.41, 5.74) is 0. The van der Waals surface area contributed by atoms with Crippen LogP contribution in [0.1, 0.15) is 341 Å². The number of aliphatic hydroxyl groups is 1. The van der Waals surface area contributed by atoms with Crippen molar-refractivity contribution in [1.82, 2.24) is 0 Å². The predicted octanol–water partition coefficient (Wildman–Crippen LogP) is 19.9. The van der Waals surface area contributed by atoms with Gasteiger partial charge in [0.05, 0.1) is 6.61 Å². The van der Waals surface area contributed by atoms with Gasteiger partial charge in [0.25, 0.3) is 0 Å². The summed E-state index contributed by atoms with van der Waals surface area (Å²) in [6, 6.07) is 0. The molecule has 0 aliphatic carbocycles. The van der Waals surface area contributed by atoms with Crippen LogP contribution in [0.2, 0.25) is 0 Å². The summed E-state index contributed by atoms with van der Waals surface area (Å²) in [5, 5.41) is 9.66. The van der Waals surface area contributed by atoms with Crippen LogP contribution in [-0.4, -0.2) is 36.4 Å². The zero-order valence-electron chi connectivity index (χ0n) is 44.3. The molecule has 5 nitrogen and oxygen atoms in total. The number of rotatable bonds is 56. The Morgan fingerprint density at radius 1 is 0.338 bits per heavy atom. The van der Waals surface area contributed by atoms with E-state index in [1.165, 1.54) is 283 Å². The Morgan fingerprint density at radius 2 is 0.569 bits per heavy atom. The Labute approximate surface area is 407 Å². The number of hydrogen-bond donors (Lipinski definition) is 1. The van der Waals surface area contributed by atoms with Crippen molar-refractivity contribution < 1.29 is 24.2 Å². The van der Waals surface area contributed by atoms with E-state index in [-0.39, 0.29) is 25.2 Å². The maximum absolute atomic E-state index is 12.3. The van der Waals surface area contributed by atoms with Crippen LogP contribution in [0.3, 0.4) is 0 Å². The topological polar surface area (TPSA) is 72.8 Å². The van der Waals surface area contributed by atoms with E-state index in [2.05, 4.69) is 26.0 Å². The van der Waals surface area contributed by atoms with Gasteiger partial charge in [0.15, 0.2) is 6.10 Å². The van der Waals surface area contributed by atoms with Crippen LogP contribution in [0.5, 0.6) is 0 Å². The first-order valence-electron chi connectivity index (χ1n) is 29.7. The van der Waals surface area contributed by atoms with Crippen molar-refractivity contribution in [3.05, 3.63) is 12.2 Å². The second kappa shape index (κ2) is 57.0. The van der Waals surface area contributed by atoms with Crippen molar-refractivity contribution in [2.24, 2.45) is 0 Å². The highest BCUT2D eigenvalue weighted by Gasteiger charge is 2.16. The SMILES string of the molecule is CCCCCCCCCC/C=C\CCCCCCCCCCCCCCCC(=O)OC(CO)COC(=O)CCCCCCCCCCCCCCCCCCCCCCCCCCCC. The third-order valence-corrected chi connectivity index (χ3v) is 13.8. The zero-order valence-corrected chi connectivity index (χ0v) is 44.3. The molecule has 0 heterocycles. The van der Waals surface area contributed by atoms with E-state index in [9.17, 15) is 14.7 Å². The molecular weight excluding hydrogens is 801 g/mol. The van der Waals surface area contributed by atoms with E-state index < -0.39 is 6.10 Å². The van der Waals surface area contributed by atoms with Gasteiger partial charge in [-0.2, -0.15) is 0 Å². The number of allylic oxidation sites excluding steroid dienone is 2. The average Bonchev–Trinajstić information content (AvgIpc) is 3.31.